The van der Waals surface area contributed by atoms with Crippen LogP contribution in [0.1, 0.15) is 60.8 Å². The largest absolute Gasteiger partial charge is 0.462 e. The summed E-state index contributed by atoms with van der Waals surface area (Å²) in [5.41, 5.74) is 1.61. The lowest BCUT2D eigenvalue weighted by molar-refractivity contribution is -0.127. The molecule has 1 aromatic heterocycles. The SMILES string of the molecule is CCOC(=O)c1c(NC(=O)CN2CCN([C@H](C)C(=O)NC3CC3)CC2)sc2c1CC[C@@H](C)C2. The van der Waals surface area contributed by atoms with Gasteiger partial charge >= 0.3 is 5.97 Å². The molecule has 3 aliphatic rings. The molecule has 1 aromatic rings. The van der Waals surface area contributed by atoms with Gasteiger partial charge in [-0.1, -0.05) is 6.92 Å². The Kier molecular flexibility index (Phi) is 7.71. The van der Waals surface area contributed by atoms with Gasteiger partial charge in [0, 0.05) is 37.1 Å². The van der Waals surface area contributed by atoms with Gasteiger partial charge in [-0.15, -0.1) is 11.3 Å². The first kappa shape index (κ1) is 24.2. The van der Waals surface area contributed by atoms with Gasteiger partial charge in [0.2, 0.25) is 11.8 Å². The molecule has 1 aliphatic heterocycles. The maximum absolute atomic E-state index is 12.9. The molecule has 182 valence electrons. The van der Waals surface area contributed by atoms with Crippen LogP contribution in [-0.4, -0.2) is 79.0 Å². The number of piperazine rings is 1. The van der Waals surface area contributed by atoms with Crippen molar-refractivity contribution in [2.45, 2.75) is 65.0 Å². The summed E-state index contributed by atoms with van der Waals surface area (Å²) in [5.74, 6) is 0.234. The van der Waals surface area contributed by atoms with Gasteiger partial charge in [-0.25, -0.2) is 4.79 Å². The Bertz CT molecular complexity index is 889. The molecule has 2 aliphatic carbocycles. The van der Waals surface area contributed by atoms with Gasteiger partial charge in [-0.2, -0.15) is 0 Å². The van der Waals surface area contributed by atoms with Crippen molar-refractivity contribution in [1.29, 1.82) is 0 Å². The van der Waals surface area contributed by atoms with Gasteiger partial charge in [0.05, 0.1) is 24.8 Å². The molecule has 8 nitrogen and oxygen atoms in total. The predicted octanol–water partition coefficient (Wildman–Crippen LogP) is 2.27. The van der Waals surface area contributed by atoms with Crippen molar-refractivity contribution in [3.8, 4) is 0 Å². The van der Waals surface area contributed by atoms with E-state index in [0.29, 0.717) is 29.1 Å². The van der Waals surface area contributed by atoms with Crippen molar-refractivity contribution in [1.82, 2.24) is 15.1 Å². The number of carbonyl (C=O) groups excluding carboxylic acids is 3. The summed E-state index contributed by atoms with van der Waals surface area (Å²) in [6, 6.07) is 0.226. The van der Waals surface area contributed by atoms with Crippen LogP contribution in [0.25, 0.3) is 0 Å². The molecule has 4 rings (SSSR count). The minimum Gasteiger partial charge on any atom is -0.462 e. The Hall–Kier alpha value is -1.97. The van der Waals surface area contributed by atoms with Crippen LogP contribution < -0.4 is 10.6 Å². The van der Waals surface area contributed by atoms with Gasteiger partial charge in [0.25, 0.3) is 0 Å². The fraction of sp³-hybridized carbons (Fsp3) is 0.708. The van der Waals surface area contributed by atoms with Crippen LogP contribution in [-0.2, 0) is 27.2 Å². The highest BCUT2D eigenvalue weighted by atomic mass is 32.1. The van der Waals surface area contributed by atoms with Crippen molar-refractivity contribution < 1.29 is 19.1 Å². The van der Waals surface area contributed by atoms with Gasteiger partial charge in [-0.05, 0) is 57.4 Å². The van der Waals surface area contributed by atoms with Crippen LogP contribution in [0.4, 0.5) is 5.00 Å². The highest BCUT2D eigenvalue weighted by molar-refractivity contribution is 7.17. The second kappa shape index (κ2) is 10.5. The van der Waals surface area contributed by atoms with Crippen molar-refractivity contribution in [3.05, 3.63) is 16.0 Å². The molecule has 1 saturated carbocycles. The van der Waals surface area contributed by atoms with Crippen LogP contribution in [0, 0.1) is 5.92 Å². The summed E-state index contributed by atoms with van der Waals surface area (Å²) in [5, 5.41) is 6.71. The van der Waals surface area contributed by atoms with E-state index in [4.69, 9.17) is 4.74 Å². The molecule has 2 amide bonds. The Morgan fingerprint density at radius 3 is 2.55 bits per heavy atom. The summed E-state index contributed by atoms with van der Waals surface area (Å²) >= 11 is 1.52. The number of carbonyl (C=O) groups is 3. The zero-order valence-electron chi connectivity index (χ0n) is 19.9. The second-order valence-corrected chi connectivity index (χ2v) is 10.7. The Labute approximate surface area is 200 Å². The normalized spacial score (nSPS) is 22.3. The Morgan fingerprint density at radius 1 is 1.15 bits per heavy atom. The van der Waals surface area contributed by atoms with Gasteiger partial charge in [0.15, 0.2) is 0 Å². The van der Waals surface area contributed by atoms with E-state index < -0.39 is 0 Å². The first-order valence-corrected chi connectivity index (χ1v) is 13.1. The fourth-order valence-electron chi connectivity index (χ4n) is 4.65. The fourth-order valence-corrected chi connectivity index (χ4v) is 6.07. The molecule has 1 saturated heterocycles. The molecule has 0 aromatic carbocycles. The minimum absolute atomic E-state index is 0.103. The smallest absolute Gasteiger partial charge is 0.341 e. The van der Waals surface area contributed by atoms with Crippen LogP contribution in [0.2, 0.25) is 0 Å². The lowest BCUT2D eigenvalue weighted by atomic mass is 9.88. The molecule has 2 N–H and O–H groups in total. The molecule has 33 heavy (non-hydrogen) atoms. The van der Waals surface area contributed by atoms with Crippen LogP contribution in [0.15, 0.2) is 0 Å². The molecule has 0 radical (unpaired) electrons. The highest BCUT2D eigenvalue weighted by Gasteiger charge is 2.32. The first-order chi connectivity index (χ1) is 15.9. The van der Waals surface area contributed by atoms with E-state index in [-0.39, 0.29) is 30.4 Å². The monoisotopic (exact) mass is 476 g/mol. The summed E-state index contributed by atoms with van der Waals surface area (Å²) < 4.78 is 5.30. The number of nitrogens with one attached hydrogen (secondary N) is 2. The minimum atomic E-state index is -0.341. The molecule has 9 heteroatoms. The zero-order chi connectivity index (χ0) is 23.5. The Morgan fingerprint density at radius 2 is 1.88 bits per heavy atom. The van der Waals surface area contributed by atoms with E-state index >= 15 is 0 Å². The molecule has 2 heterocycles. The lowest BCUT2D eigenvalue weighted by Crippen LogP contribution is -2.55. The van der Waals surface area contributed by atoms with Crippen LogP contribution in [0.3, 0.4) is 0 Å². The topological polar surface area (TPSA) is 91.0 Å². The zero-order valence-corrected chi connectivity index (χ0v) is 20.8. The summed E-state index contributed by atoms with van der Waals surface area (Å²) in [7, 11) is 0. The molecular formula is C24H36N4O4S. The molecule has 0 unspecified atom stereocenters. The molecule has 2 fully saturated rings. The second-order valence-electron chi connectivity index (χ2n) is 9.60. The van der Waals surface area contributed by atoms with Crippen molar-refractivity contribution in [3.63, 3.8) is 0 Å². The number of ether oxygens (including phenoxy) is 1. The summed E-state index contributed by atoms with van der Waals surface area (Å²) in [6.07, 6.45) is 5.02. The van der Waals surface area contributed by atoms with Crippen molar-refractivity contribution in [2.75, 3.05) is 44.6 Å². The van der Waals surface area contributed by atoms with E-state index in [1.165, 1.54) is 16.2 Å². The quantitative estimate of drug-likeness (QED) is 0.560. The third kappa shape index (κ3) is 5.94. The molecular weight excluding hydrogens is 440 g/mol. The third-order valence-electron chi connectivity index (χ3n) is 6.87. The Balaban J connectivity index is 1.32. The number of hydrogen-bond acceptors (Lipinski definition) is 7. The molecule has 0 spiro atoms. The van der Waals surface area contributed by atoms with E-state index in [1.54, 1.807) is 6.92 Å². The van der Waals surface area contributed by atoms with Crippen LogP contribution >= 0.6 is 11.3 Å². The van der Waals surface area contributed by atoms with E-state index in [2.05, 4.69) is 27.4 Å². The number of fused-ring (bicyclic) bond motifs is 1. The van der Waals surface area contributed by atoms with Gasteiger partial charge in [-0.3, -0.25) is 19.4 Å². The number of hydrogen-bond donors (Lipinski definition) is 2. The first-order valence-electron chi connectivity index (χ1n) is 12.2. The predicted molar refractivity (Wildman–Crippen MR) is 129 cm³/mol. The average molecular weight is 477 g/mol. The van der Waals surface area contributed by atoms with E-state index in [0.717, 1.165) is 63.8 Å². The van der Waals surface area contributed by atoms with Gasteiger partial charge in [0.1, 0.15) is 5.00 Å². The number of rotatable bonds is 8. The number of esters is 1. The average Bonchev–Trinajstić information content (AvgIpc) is 3.52. The van der Waals surface area contributed by atoms with E-state index in [9.17, 15) is 14.4 Å². The standard InChI is InChI=1S/C24H36N4O4S/c1-4-32-24(31)21-18-8-5-15(2)13-19(18)33-23(21)26-20(29)14-27-9-11-28(12-10-27)16(3)22(30)25-17-6-7-17/h15-17H,4-14H2,1-3H3,(H,25,30)(H,26,29)/t15-,16-/m1/s1. The number of amides is 2. The number of thiophene rings is 1. The van der Waals surface area contributed by atoms with Crippen LogP contribution in [0.5, 0.6) is 0 Å². The van der Waals surface area contributed by atoms with Gasteiger partial charge < -0.3 is 15.4 Å². The maximum Gasteiger partial charge on any atom is 0.341 e. The molecule has 2 atom stereocenters. The molecule has 0 bridgehead atoms. The lowest BCUT2D eigenvalue weighted by Gasteiger charge is -2.37. The third-order valence-corrected chi connectivity index (χ3v) is 8.04. The summed E-state index contributed by atoms with van der Waals surface area (Å²) in [4.78, 5) is 43.3. The number of anilines is 1. The van der Waals surface area contributed by atoms with E-state index in [1.807, 2.05) is 6.92 Å². The number of nitrogens with zero attached hydrogens (tertiary/aromatic N) is 2. The highest BCUT2D eigenvalue weighted by Crippen LogP contribution is 2.40. The maximum atomic E-state index is 12.9. The van der Waals surface area contributed by atoms with Crippen molar-refractivity contribution >= 4 is 34.1 Å². The van der Waals surface area contributed by atoms with Crippen molar-refractivity contribution in [2.24, 2.45) is 5.92 Å². The summed E-state index contributed by atoms with van der Waals surface area (Å²) in [6.45, 7) is 9.55.